The normalized spacial score (nSPS) is 14.8. The standard InChI is InChI=1S/C25H21N3O4S/c29-33(30,18-6-8-25-20(16-18)19-3-1-2-4-24(19)31-25)32-17-5-7-22-21(15-17)23(9-10-27-22)28-13-11-26-12-14-28/h1-10,15-16,26H,11-14H2. The second-order valence-electron chi connectivity index (χ2n) is 8.04. The molecule has 1 saturated heterocycles. The zero-order valence-electron chi connectivity index (χ0n) is 17.7. The van der Waals surface area contributed by atoms with Crippen LogP contribution in [0.5, 0.6) is 5.75 Å². The van der Waals surface area contributed by atoms with Gasteiger partial charge in [-0.2, -0.15) is 8.42 Å². The Morgan fingerprint density at radius 3 is 2.58 bits per heavy atom. The number of anilines is 1. The van der Waals surface area contributed by atoms with Crippen LogP contribution in [0.1, 0.15) is 0 Å². The highest BCUT2D eigenvalue weighted by atomic mass is 32.2. The molecule has 0 bridgehead atoms. The van der Waals surface area contributed by atoms with Crippen molar-refractivity contribution in [2.45, 2.75) is 4.90 Å². The van der Waals surface area contributed by atoms with Crippen LogP contribution >= 0.6 is 0 Å². The molecule has 8 heteroatoms. The molecule has 1 aliphatic rings. The zero-order chi connectivity index (χ0) is 22.4. The SMILES string of the molecule is O=S(=O)(Oc1ccc2nccc(N3CCNCC3)c2c1)c1ccc2oc3ccccc3c2c1. The minimum Gasteiger partial charge on any atom is -0.456 e. The highest BCUT2D eigenvalue weighted by molar-refractivity contribution is 7.87. The third kappa shape index (κ3) is 3.57. The van der Waals surface area contributed by atoms with E-state index in [0.29, 0.717) is 11.2 Å². The van der Waals surface area contributed by atoms with Gasteiger partial charge in [-0.05, 0) is 48.5 Å². The summed E-state index contributed by atoms with van der Waals surface area (Å²) in [7, 11) is -4.04. The van der Waals surface area contributed by atoms with Gasteiger partial charge in [0.1, 0.15) is 21.8 Å². The number of aromatic nitrogens is 1. The van der Waals surface area contributed by atoms with E-state index >= 15 is 0 Å². The molecule has 2 aromatic heterocycles. The van der Waals surface area contributed by atoms with E-state index in [2.05, 4.69) is 15.2 Å². The number of hydrogen-bond acceptors (Lipinski definition) is 7. The van der Waals surface area contributed by atoms with E-state index in [1.165, 1.54) is 6.07 Å². The minimum atomic E-state index is -4.04. The van der Waals surface area contributed by atoms with Gasteiger partial charge in [-0.1, -0.05) is 18.2 Å². The molecular weight excluding hydrogens is 438 g/mol. The molecular formula is C25H21N3O4S. The van der Waals surface area contributed by atoms with Gasteiger partial charge in [-0.15, -0.1) is 0 Å². The molecule has 0 unspecified atom stereocenters. The second kappa shape index (κ2) is 7.75. The Labute approximate surface area is 190 Å². The molecule has 1 fully saturated rings. The summed E-state index contributed by atoms with van der Waals surface area (Å²) in [5, 5.41) is 5.81. The fourth-order valence-electron chi connectivity index (χ4n) is 4.38. The number of fused-ring (bicyclic) bond motifs is 4. The largest absolute Gasteiger partial charge is 0.456 e. The van der Waals surface area contributed by atoms with Crippen LogP contribution in [0.25, 0.3) is 32.8 Å². The van der Waals surface area contributed by atoms with Crippen molar-refractivity contribution < 1.29 is 17.0 Å². The summed E-state index contributed by atoms with van der Waals surface area (Å²) in [6, 6.07) is 19.5. The average molecular weight is 460 g/mol. The number of nitrogens with one attached hydrogen (secondary N) is 1. The molecule has 6 rings (SSSR count). The quantitative estimate of drug-likeness (QED) is 0.401. The summed E-state index contributed by atoms with van der Waals surface area (Å²) in [5.41, 5.74) is 3.16. The molecule has 5 aromatic rings. The maximum Gasteiger partial charge on any atom is 0.339 e. The van der Waals surface area contributed by atoms with E-state index in [9.17, 15) is 8.42 Å². The molecule has 166 valence electrons. The first kappa shape index (κ1) is 20.0. The third-order valence-electron chi connectivity index (χ3n) is 5.99. The fraction of sp³-hybridized carbons (Fsp3) is 0.160. The molecule has 1 aliphatic heterocycles. The first-order chi connectivity index (χ1) is 16.1. The van der Waals surface area contributed by atoms with Crippen molar-refractivity contribution in [2.75, 3.05) is 31.1 Å². The van der Waals surface area contributed by atoms with Gasteiger partial charge in [-0.25, -0.2) is 0 Å². The topological polar surface area (TPSA) is 84.7 Å². The van der Waals surface area contributed by atoms with E-state index < -0.39 is 10.1 Å². The lowest BCUT2D eigenvalue weighted by molar-refractivity contribution is 0.486. The smallest absolute Gasteiger partial charge is 0.339 e. The summed E-state index contributed by atoms with van der Waals surface area (Å²) in [4.78, 5) is 6.79. The van der Waals surface area contributed by atoms with E-state index in [-0.39, 0.29) is 10.6 Å². The first-order valence-electron chi connectivity index (χ1n) is 10.8. The third-order valence-corrected chi connectivity index (χ3v) is 7.23. The van der Waals surface area contributed by atoms with Crippen LogP contribution in [0.2, 0.25) is 0 Å². The maximum atomic E-state index is 13.1. The number of furan rings is 1. The summed E-state index contributed by atoms with van der Waals surface area (Å²) in [6.45, 7) is 3.56. The Hall–Kier alpha value is -3.62. The van der Waals surface area contributed by atoms with E-state index in [1.54, 1.807) is 36.5 Å². The van der Waals surface area contributed by atoms with E-state index in [0.717, 1.165) is 53.5 Å². The maximum absolute atomic E-state index is 13.1. The molecule has 7 nitrogen and oxygen atoms in total. The summed E-state index contributed by atoms with van der Waals surface area (Å²) < 4.78 is 37.6. The predicted octanol–water partition coefficient (Wildman–Crippen LogP) is 4.31. The number of benzene rings is 3. The Balaban J connectivity index is 1.38. The summed E-state index contributed by atoms with van der Waals surface area (Å²) >= 11 is 0. The van der Waals surface area contributed by atoms with E-state index in [4.69, 9.17) is 8.60 Å². The van der Waals surface area contributed by atoms with Gasteiger partial charge in [0.15, 0.2) is 0 Å². The van der Waals surface area contributed by atoms with Crippen molar-refractivity contribution in [1.29, 1.82) is 0 Å². The van der Waals surface area contributed by atoms with Gasteiger partial charge in [0.25, 0.3) is 0 Å². The Kier molecular flexibility index (Phi) is 4.70. The molecule has 0 radical (unpaired) electrons. The van der Waals surface area contributed by atoms with Crippen molar-refractivity contribution in [3.8, 4) is 5.75 Å². The van der Waals surface area contributed by atoms with Gasteiger partial charge in [-0.3, -0.25) is 4.98 Å². The average Bonchev–Trinajstić information content (AvgIpc) is 3.22. The monoisotopic (exact) mass is 459 g/mol. The lowest BCUT2D eigenvalue weighted by atomic mass is 10.1. The van der Waals surface area contributed by atoms with E-state index in [1.807, 2.05) is 30.3 Å². The molecule has 3 aromatic carbocycles. The molecule has 0 amide bonds. The number of piperazine rings is 1. The number of rotatable bonds is 4. The molecule has 0 atom stereocenters. The predicted molar refractivity (Wildman–Crippen MR) is 128 cm³/mol. The lowest BCUT2D eigenvalue weighted by Gasteiger charge is -2.30. The zero-order valence-corrected chi connectivity index (χ0v) is 18.5. The molecule has 33 heavy (non-hydrogen) atoms. The van der Waals surface area contributed by atoms with Crippen LogP contribution in [-0.4, -0.2) is 39.6 Å². The van der Waals surface area contributed by atoms with Gasteiger partial charge in [0.05, 0.1) is 5.52 Å². The lowest BCUT2D eigenvalue weighted by Crippen LogP contribution is -2.43. The molecule has 0 saturated carbocycles. The number of hydrogen-bond donors (Lipinski definition) is 1. The highest BCUT2D eigenvalue weighted by Crippen LogP contribution is 2.33. The second-order valence-corrected chi connectivity index (χ2v) is 9.59. The van der Waals surface area contributed by atoms with Gasteiger partial charge >= 0.3 is 10.1 Å². The van der Waals surface area contributed by atoms with Gasteiger partial charge in [0.2, 0.25) is 0 Å². The Morgan fingerprint density at radius 1 is 0.879 bits per heavy atom. The van der Waals surface area contributed by atoms with Crippen molar-refractivity contribution in [3.63, 3.8) is 0 Å². The van der Waals surface area contributed by atoms with Crippen LogP contribution in [0.15, 0.2) is 82.2 Å². The molecule has 0 aliphatic carbocycles. The Morgan fingerprint density at radius 2 is 1.70 bits per heavy atom. The van der Waals surface area contributed by atoms with Crippen LogP contribution in [-0.2, 0) is 10.1 Å². The van der Waals surface area contributed by atoms with Crippen LogP contribution in [0, 0.1) is 0 Å². The van der Waals surface area contributed by atoms with Crippen molar-refractivity contribution in [1.82, 2.24) is 10.3 Å². The number of nitrogens with zero attached hydrogens (tertiary/aromatic N) is 2. The minimum absolute atomic E-state index is 0.0789. The van der Waals surface area contributed by atoms with Crippen LogP contribution < -0.4 is 14.4 Å². The van der Waals surface area contributed by atoms with Crippen LogP contribution in [0.3, 0.4) is 0 Å². The molecule has 1 N–H and O–H groups in total. The number of para-hydroxylation sites is 1. The summed E-state index contributed by atoms with van der Waals surface area (Å²) in [5.74, 6) is 0.254. The molecule has 3 heterocycles. The highest BCUT2D eigenvalue weighted by Gasteiger charge is 2.20. The summed E-state index contributed by atoms with van der Waals surface area (Å²) in [6.07, 6.45) is 1.78. The van der Waals surface area contributed by atoms with Crippen molar-refractivity contribution in [3.05, 3.63) is 72.9 Å². The van der Waals surface area contributed by atoms with Crippen molar-refractivity contribution >= 4 is 48.6 Å². The van der Waals surface area contributed by atoms with Gasteiger partial charge in [0, 0.05) is 54.2 Å². The molecule has 0 spiro atoms. The van der Waals surface area contributed by atoms with Crippen molar-refractivity contribution in [2.24, 2.45) is 0 Å². The van der Waals surface area contributed by atoms with Crippen LogP contribution in [0.4, 0.5) is 5.69 Å². The first-order valence-corrected chi connectivity index (χ1v) is 12.2. The fourth-order valence-corrected chi connectivity index (χ4v) is 5.33. The number of pyridine rings is 1. The van der Waals surface area contributed by atoms with Gasteiger partial charge < -0.3 is 18.8 Å². The Bertz CT molecular complexity index is 1600.